The summed E-state index contributed by atoms with van der Waals surface area (Å²) in [6.07, 6.45) is 1.06. The normalized spacial score (nSPS) is 13.7. The van der Waals surface area contributed by atoms with Gasteiger partial charge in [0.2, 0.25) is 0 Å². The molecule has 0 aliphatic heterocycles. The van der Waals surface area contributed by atoms with Gasteiger partial charge in [0.25, 0.3) is 0 Å². The second kappa shape index (κ2) is 5.10. The summed E-state index contributed by atoms with van der Waals surface area (Å²) in [5.41, 5.74) is 0.224. The van der Waals surface area contributed by atoms with E-state index in [0.717, 1.165) is 18.4 Å². The van der Waals surface area contributed by atoms with Crippen LogP contribution in [0.15, 0.2) is 12.1 Å². The summed E-state index contributed by atoms with van der Waals surface area (Å²) in [5, 5.41) is 2.68. The van der Waals surface area contributed by atoms with E-state index in [1.165, 1.54) is 14.0 Å². The van der Waals surface area contributed by atoms with Crippen LogP contribution in [0.5, 0.6) is 0 Å². The minimum atomic E-state index is -3.27. The van der Waals surface area contributed by atoms with Gasteiger partial charge in [-0.1, -0.05) is 0 Å². The Bertz CT molecular complexity index is 514. The van der Waals surface area contributed by atoms with E-state index in [4.69, 9.17) is 0 Å². The van der Waals surface area contributed by atoms with Gasteiger partial charge in [0, 0.05) is 17.9 Å². The topological polar surface area (TPSA) is 46.2 Å². The van der Waals surface area contributed by atoms with Crippen molar-refractivity contribution in [3.8, 4) is 0 Å². The van der Waals surface area contributed by atoms with Crippen LogP contribution in [0.3, 0.4) is 0 Å². The summed E-state index contributed by atoms with van der Waals surface area (Å²) in [5.74, 6) is -1.43. The molecule has 1 atom stereocenters. The highest BCUT2D eigenvalue weighted by Crippen LogP contribution is 2.21. The van der Waals surface area contributed by atoms with E-state index in [9.17, 15) is 17.2 Å². The number of nitrogens with one attached hydrogen (secondary N) is 1. The van der Waals surface area contributed by atoms with Crippen LogP contribution >= 0.6 is 0 Å². The first-order valence-electron chi connectivity index (χ1n) is 5.05. The highest BCUT2D eigenvalue weighted by atomic mass is 32.2. The van der Waals surface area contributed by atoms with Crippen molar-refractivity contribution in [3.63, 3.8) is 0 Å². The number of rotatable bonds is 4. The molecule has 0 amide bonds. The fourth-order valence-corrected chi connectivity index (χ4v) is 2.51. The van der Waals surface area contributed by atoms with Crippen LogP contribution in [0, 0.1) is 18.6 Å². The average molecular weight is 263 g/mol. The second-order valence-corrected chi connectivity index (χ2v) is 6.24. The van der Waals surface area contributed by atoms with Gasteiger partial charge in [-0.2, -0.15) is 0 Å². The Morgan fingerprint density at radius 2 is 1.88 bits per heavy atom. The van der Waals surface area contributed by atoms with Gasteiger partial charge >= 0.3 is 0 Å². The van der Waals surface area contributed by atoms with Gasteiger partial charge in [-0.3, -0.25) is 0 Å². The Labute approximate surface area is 99.8 Å². The average Bonchev–Trinajstić information content (AvgIpc) is 2.19. The fraction of sp³-hybridized carbons (Fsp3) is 0.455. The molecule has 1 aromatic rings. The van der Waals surface area contributed by atoms with Gasteiger partial charge in [0.05, 0.1) is 5.75 Å². The molecule has 0 saturated heterocycles. The summed E-state index contributed by atoms with van der Waals surface area (Å²) < 4.78 is 49.3. The zero-order valence-electron chi connectivity index (χ0n) is 9.92. The molecule has 3 nitrogen and oxygen atoms in total. The summed E-state index contributed by atoms with van der Waals surface area (Å²) in [6.45, 7) is 1.45. The molecule has 0 aliphatic carbocycles. The molecule has 0 bridgehead atoms. The maximum Gasteiger partial charge on any atom is 0.149 e. The van der Waals surface area contributed by atoms with Crippen molar-refractivity contribution in [3.05, 3.63) is 34.9 Å². The largest absolute Gasteiger partial charge is 0.312 e. The van der Waals surface area contributed by atoms with E-state index in [0.29, 0.717) is 0 Å². The summed E-state index contributed by atoms with van der Waals surface area (Å²) in [6, 6.07) is 1.36. The Morgan fingerprint density at radius 1 is 1.29 bits per heavy atom. The molecular weight excluding hydrogens is 248 g/mol. The predicted molar refractivity (Wildman–Crippen MR) is 62.6 cm³/mol. The predicted octanol–water partition coefficient (Wildman–Crippen LogP) is 1.58. The Morgan fingerprint density at radius 3 is 2.35 bits per heavy atom. The smallest absolute Gasteiger partial charge is 0.149 e. The molecule has 6 heteroatoms. The van der Waals surface area contributed by atoms with E-state index in [1.54, 1.807) is 0 Å². The number of hydrogen-bond donors (Lipinski definition) is 1. The van der Waals surface area contributed by atoms with E-state index in [-0.39, 0.29) is 16.9 Å². The van der Waals surface area contributed by atoms with Crippen molar-refractivity contribution in [2.24, 2.45) is 0 Å². The van der Waals surface area contributed by atoms with Crippen molar-refractivity contribution in [2.45, 2.75) is 13.0 Å². The van der Waals surface area contributed by atoms with Crippen LogP contribution in [0.25, 0.3) is 0 Å². The maximum absolute atomic E-state index is 13.6. The van der Waals surface area contributed by atoms with Crippen molar-refractivity contribution in [2.75, 3.05) is 19.1 Å². The van der Waals surface area contributed by atoms with Crippen LogP contribution in [0.2, 0.25) is 0 Å². The molecule has 96 valence electrons. The molecule has 0 spiro atoms. The Kier molecular flexibility index (Phi) is 4.21. The van der Waals surface area contributed by atoms with E-state index in [2.05, 4.69) is 5.32 Å². The van der Waals surface area contributed by atoms with Crippen molar-refractivity contribution in [1.82, 2.24) is 5.32 Å². The molecular formula is C11H15F2NO2S. The first-order chi connectivity index (χ1) is 7.74. The fourth-order valence-electron chi connectivity index (χ4n) is 1.56. The van der Waals surface area contributed by atoms with Gasteiger partial charge in [-0.15, -0.1) is 0 Å². The van der Waals surface area contributed by atoms with Gasteiger partial charge in [-0.05, 0) is 31.7 Å². The molecule has 0 heterocycles. The van der Waals surface area contributed by atoms with E-state index in [1.807, 2.05) is 0 Å². The zero-order chi connectivity index (χ0) is 13.2. The van der Waals surface area contributed by atoms with Crippen LogP contribution in [0.1, 0.15) is 17.2 Å². The number of benzene rings is 1. The lowest BCUT2D eigenvalue weighted by Gasteiger charge is -2.17. The molecule has 0 aliphatic rings. The lowest BCUT2D eigenvalue weighted by atomic mass is 10.1. The molecule has 1 rings (SSSR count). The highest BCUT2D eigenvalue weighted by Gasteiger charge is 2.20. The lowest BCUT2D eigenvalue weighted by Crippen LogP contribution is -2.25. The quantitative estimate of drug-likeness (QED) is 0.897. The van der Waals surface area contributed by atoms with Crippen molar-refractivity contribution in [1.29, 1.82) is 0 Å². The third-order valence-electron chi connectivity index (χ3n) is 2.47. The Hall–Kier alpha value is -1.01. The monoisotopic (exact) mass is 263 g/mol. The van der Waals surface area contributed by atoms with Gasteiger partial charge in [-0.25, -0.2) is 17.2 Å². The SMILES string of the molecule is CNC(CS(C)(=O)=O)c1cc(F)c(C)cc1F. The molecule has 0 aromatic heterocycles. The molecule has 0 saturated carbocycles. The molecule has 0 radical (unpaired) electrons. The van der Waals surface area contributed by atoms with E-state index < -0.39 is 27.5 Å². The number of halogens is 2. The standard InChI is InChI=1S/C11H15F2NO2S/c1-7-4-10(13)8(5-9(7)12)11(14-2)6-17(3,15)16/h4-5,11,14H,6H2,1-3H3. The molecule has 0 fully saturated rings. The minimum absolute atomic E-state index is 0.0287. The molecule has 17 heavy (non-hydrogen) atoms. The van der Waals surface area contributed by atoms with Gasteiger partial charge in [0.1, 0.15) is 21.5 Å². The number of sulfone groups is 1. The second-order valence-electron chi connectivity index (χ2n) is 4.06. The third-order valence-corrected chi connectivity index (χ3v) is 3.41. The van der Waals surface area contributed by atoms with Crippen molar-refractivity contribution < 1.29 is 17.2 Å². The highest BCUT2D eigenvalue weighted by molar-refractivity contribution is 7.90. The van der Waals surface area contributed by atoms with Gasteiger partial charge in [0.15, 0.2) is 0 Å². The maximum atomic E-state index is 13.6. The van der Waals surface area contributed by atoms with Crippen LogP contribution in [0.4, 0.5) is 8.78 Å². The van der Waals surface area contributed by atoms with Crippen LogP contribution < -0.4 is 5.32 Å². The number of aryl methyl sites for hydroxylation is 1. The van der Waals surface area contributed by atoms with Crippen molar-refractivity contribution >= 4 is 9.84 Å². The third kappa shape index (κ3) is 3.74. The molecule has 1 aromatic carbocycles. The van der Waals surface area contributed by atoms with Crippen LogP contribution in [-0.4, -0.2) is 27.5 Å². The summed E-state index contributed by atoms with van der Waals surface area (Å²) >= 11 is 0. The molecule has 1 unspecified atom stereocenters. The van der Waals surface area contributed by atoms with Gasteiger partial charge < -0.3 is 5.32 Å². The lowest BCUT2D eigenvalue weighted by molar-refractivity contribution is 0.535. The first-order valence-corrected chi connectivity index (χ1v) is 7.11. The molecule has 1 N–H and O–H groups in total. The first kappa shape index (κ1) is 14.1. The van der Waals surface area contributed by atoms with Crippen LogP contribution in [-0.2, 0) is 9.84 Å². The Balaban J connectivity index is 3.17. The summed E-state index contributed by atoms with van der Waals surface area (Å²) in [7, 11) is -1.77. The number of hydrogen-bond acceptors (Lipinski definition) is 3. The van der Waals surface area contributed by atoms with E-state index >= 15 is 0 Å². The zero-order valence-corrected chi connectivity index (χ0v) is 10.7. The minimum Gasteiger partial charge on any atom is -0.312 e. The summed E-state index contributed by atoms with van der Waals surface area (Å²) in [4.78, 5) is 0.